The van der Waals surface area contributed by atoms with Gasteiger partial charge in [0.15, 0.2) is 5.13 Å². The summed E-state index contributed by atoms with van der Waals surface area (Å²) in [6.07, 6.45) is 5.23. The van der Waals surface area contributed by atoms with Crippen molar-refractivity contribution in [2.24, 2.45) is 0 Å². The van der Waals surface area contributed by atoms with Gasteiger partial charge in [-0.25, -0.2) is 14.2 Å². The molecule has 0 radical (unpaired) electrons. The topological polar surface area (TPSA) is 79.3 Å². The maximum absolute atomic E-state index is 15.0. The van der Waals surface area contributed by atoms with E-state index in [1.165, 1.54) is 25.1 Å². The van der Waals surface area contributed by atoms with E-state index in [2.05, 4.69) is 29.1 Å². The minimum atomic E-state index is -1.11. The number of thiazole rings is 1. The maximum atomic E-state index is 15.0. The van der Waals surface area contributed by atoms with Crippen LogP contribution in [0.5, 0.6) is 0 Å². The van der Waals surface area contributed by atoms with Crippen LogP contribution < -0.4 is 5.32 Å². The van der Waals surface area contributed by atoms with Crippen LogP contribution >= 0.6 is 34.5 Å². The second-order valence-corrected chi connectivity index (χ2v) is 9.58. The van der Waals surface area contributed by atoms with Crippen molar-refractivity contribution in [2.45, 2.75) is 39.5 Å². The SMILES string of the molecule is CCCCCC#Cc1cccc(-c2csc(NC(=O)c3cc(Cl)c(/C=C(\C)C(=O)O)c(Cl)c3)n2)c1F. The highest BCUT2D eigenvalue weighted by Crippen LogP contribution is 2.31. The van der Waals surface area contributed by atoms with Crippen LogP contribution in [-0.4, -0.2) is 22.0 Å². The van der Waals surface area contributed by atoms with Crippen molar-refractivity contribution < 1.29 is 19.1 Å². The number of nitrogens with one attached hydrogen (secondary N) is 1. The minimum absolute atomic E-state index is 0.0464. The smallest absolute Gasteiger partial charge is 0.331 e. The molecule has 1 aromatic heterocycles. The van der Waals surface area contributed by atoms with Crippen molar-refractivity contribution in [3.63, 3.8) is 0 Å². The molecule has 0 saturated carbocycles. The standard InChI is InChI=1S/C27H23Cl2FN2O3S/c1-3-4-5-6-7-9-17-10-8-11-19(24(17)30)23-15-36-27(31-23)32-25(33)18-13-21(28)20(22(29)14-18)12-16(2)26(34)35/h8,10-15H,3-6H2,1-2H3,(H,34,35)(H,31,32,33)/b16-12+. The van der Waals surface area contributed by atoms with Crippen molar-refractivity contribution in [2.75, 3.05) is 5.32 Å². The molecule has 0 aliphatic heterocycles. The van der Waals surface area contributed by atoms with Crippen LogP contribution in [0.2, 0.25) is 10.0 Å². The quantitative estimate of drug-likeness (QED) is 0.171. The molecule has 1 heterocycles. The van der Waals surface area contributed by atoms with E-state index in [4.69, 9.17) is 28.3 Å². The molecule has 36 heavy (non-hydrogen) atoms. The van der Waals surface area contributed by atoms with Crippen LogP contribution in [0.15, 0.2) is 41.3 Å². The summed E-state index contributed by atoms with van der Waals surface area (Å²) in [6, 6.07) is 7.74. The zero-order valence-corrected chi connectivity index (χ0v) is 22.0. The van der Waals surface area contributed by atoms with Gasteiger partial charge >= 0.3 is 5.97 Å². The van der Waals surface area contributed by atoms with E-state index in [0.717, 1.165) is 37.0 Å². The molecule has 0 spiro atoms. The second kappa shape index (κ2) is 12.7. The number of benzene rings is 2. The summed E-state index contributed by atoms with van der Waals surface area (Å²) < 4.78 is 15.0. The summed E-state index contributed by atoms with van der Waals surface area (Å²) in [5, 5.41) is 13.9. The molecule has 0 unspecified atom stereocenters. The van der Waals surface area contributed by atoms with E-state index in [0.29, 0.717) is 22.4 Å². The predicted octanol–water partition coefficient (Wildman–Crippen LogP) is 7.93. The largest absolute Gasteiger partial charge is 0.478 e. The van der Waals surface area contributed by atoms with Crippen molar-refractivity contribution >= 4 is 57.6 Å². The normalized spacial score (nSPS) is 11.1. The fraction of sp³-hybridized carbons (Fsp3) is 0.222. The maximum Gasteiger partial charge on any atom is 0.331 e. The predicted molar refractivity (Wildman–Crippen MR) is 144 cm³/mol. The molecule has 0 bridgehead atoms. The van der Waals surface area contributed by atoms with E-state index in [1.807, 2.05) is 0 Å². The number of aromatic nitrogens is 1. The van der Waals surface area contributed by atoms with E-state index >= 15 is 4.39 Å². The lowest BCUT2D eigenvalue weighted by Gasteiger charge is -2.08. The summed E-state index contributed by atoms with van der Waals surface area (Å²) in [5.41, 5.74) is 1.49. The van der Waals surface area contributed by atoms with Crippen LogP contribution in [-0.2, 0) is 4.79 Å². The Morgan fingerprint density at radius 3 is 2.61 bits per heavy atom. The van der Waals surface area contributed by atoms with Gasteiger partial charge in [0.05, 0.1) is 21.3 Å². The average Bonchev–Trinajstić information content (AvgIpc) is 3.29. The molecule has 186 valence electrons. The number of halogens is 3. The first kappa shape index (κ1) is 27.4. The lowest BCUT2D eigenvalue weighted by molar-refractivity contribution is -0.132. The van der Waals surface area contributed by atoms with E-state index < -0.39 is 17.7 Å². The number of aliphatic carboxylic acids is 1. The summed E-state index contributed by atoms with van der Waals surface area (Å²) in [4.78, 5) is 28.2. The highest BCUT2D eigenvalue weighted by Gasteiger charge is 2.16. The number of carboxylic acid groups (broad SMARTS) is 1. The molecule has 0 saturated heterocycles. The molecule has 3 aromatic rings. The third kappa shape index (κ3) is 6.94. The molecule has 0 aliphatic rings. The van der Waals surface area contributed by atoms with E-state index in [9.17, 15) is 9.59 Å². The van der Waals surface area contributed by atoms with Crippen molar-refractivity contribution in [3.05, 3.63) is 73.8 Å². The Bertz CT molecular complexity index is 1370. The number of amides is 1. The van der Waals surface area contributed by atoms with Gasteiger partial charge < -0.3 is 5.11 Å². The minimum Gasteiger partial charge on any atom is -0.478 e. The first-order valence-corrected chi connectivity index (χ1v) is 12.8. The van der Waals surface area contributed by atoms with Gasteiger partial charge in [0, 0.05) is 34.1 Å². The van der Waals surface area contributed by atoms with Crippen LogP contribution in [0.4, 0.5) is 9.52 Å². The van der Waals surface area contributed by atoms with E-state index in [-0.39, 0.29) is 26.3 Å². The molecule has 0 atom stereocenters. The zero-order valence-electron chi connectivity index (χ0n) is 19.6. The number of carboxylic acids is 1. The molecule has 9 heteroatoms. The van der Waals surface area contributed by atoms with Crippen molar-refractivity contribution in [1.82, 2.24) is 4.98 Å². The molecule has 0 aliphatic carbocycles. The number of hydrogen-bond donors (Lipinski definition) is 2. The van der Waals surface area contributed by atoms with Gasteiger partial charge in [0.1, 0.15) is 5.82 Å². The fourth-order valence-corrected chi connectivity index (χ4v) is 4.50. The summed E-state index contributed by atoms with van der Waals surface area (Å²) in [7, 11) is 0. The second-order valence-electron chi connectivity index (χ2n) is 7.90. The van der Waals surface area contributed by atoms with Gasteiger partial charge in [-0.3, -0.25) is 10.1 Å². The fourth-order valence-electron chi connectivity index (χ4n) is 3.20. The summed E-state index contributed by atoms with van der Waals surface area (Å²) >= 11 is 13.6. The molecule has 0 fully saturated rings. The highest BCUT2D eigenvalue weighted by atomic mass is 35.5. The zero-order chi connectivity index (χ0) is 26.2. The average molecular weight is 545 g/mol. The lowest BCUT2D eigenvalue weighted by atomic mass is 10.1. The number of unbranched alkanes of at least 4 members (excludes halogenated alkanes) is 3. The Balaban J connectivity index is 1.77. The van der Waals surface area contributed by atoms with Gasteiger partial charge in [-0.2, -0.15) is 0 Å². The lowest BCUT2D eigenvalue weighted by Crippen LogP contribution is -2.12. The number of rotatable bonds is 8. The number of carbonyl (C=O) groups excluding carboxylic acids is 1. The van der Waals surface area contributed by atoms with E-state index in [1.54, 1.807) is 23.6 Å². The van der Waals surface area contributed by atoms with Crippen LogP contribution in [0.3, 0.4) is 0 Å². The highest BCUT2D eigenvalue weighted by molar-refractivity contribution is 7.14. The number of anilines is 1. The van der Waals surface area contributed by atoms with Gasteiger partial charge in [-0.05, 0) is 43.7 Å². The van der Waals surface area contributed by atoms with Gasteiger partial charge in [0.25, 0.3) is 5.91 Å². The number of nitrogens with zero attached hydrogens (tertiary/aromatic N) is 1. The Hall–Kier alpha value is -3.18. The molecule has 2 N–H and O–H groups in total. The van der Waals surface area contributed by atoms with Crippen molar-refractivity contribution in [1.29, 1.82) is 0 Å². The summed E-state index contributed by atoms with van der Waals surface area (Å²) in [6.45, 7) is 3.53. The third-order valence-electron chi connectivity index (χ3n) is 5.17. The van der Waals surface area contributed by atoms with Gasteiger partial charge in [0.2, 0.25) is 0 Å². The molecule has 3 rings (SSSR count). The number of hydrogen-bond acceptors (Lipinski definition) is 4. The Labute approximate surface area is 223 Å². The molecule has 5 nitrogen and oxygen atoms in total. The molecule has 2 aromatic carbocycles. The Morgan fingerprint density at radius 1 is 1.22 bits per heavy atom. The Morgan fingerprint density at radius 2 is 1.94 bits per heavy atom. The van der Waals surface area contributed by atoms with Crippen LogP contribution in [0, 0.1) is 17.7 Å². The molecular weight excluding hydrogens is 522 g/mol. The van der Waals surface area contributed by atoms with Crippen molar-refractivity contribution in [3.8, 4) is 23.1 Å². The van der Waals surface area contributed by atoms with Crippen LogP contribution in [0.25, 0.3) is 17.3 Å². The summed E-state index contributed by atoms with van der Waals surface area (Å²) in [5.74, 6) is 3.83. The first-order valence-electron chi connectivity index (χ1n) is 11.2. The number of carbonyl (C=O) groups is 2. The van der Waals surface area contributed by atoms with Gasteiger partial charge in [-0.15, -0.1) is 11.3 Å². The Kier molecular flexibility index (Phi) is 9.65. The van der Waals surface area contributed by atoms with Gasteiger partial charge in [-0.1, -0.05) is 60.9 Å². The monoisotopic (exact) mass is 544 g/mol. The van der Waals surface area contributed by atoms with Crippen LogP contribution in [0.1, 0.15) is 61.0 Å². The first-order chi connectivity index (χ1) is 17.2. The molecular formula is C27H23Cl2FN2O3S. The molecule has 1 amide bonds. The third-order valence-corrected chi connectivity index (χ3v) is 6.55.